The van der Waals surface area contributed by atoms with Crippen LogP contribution in [0.15, 0.2) is 12.3 Å². The van der Waals surface area contributed by atoms with E-state index in [1.54, 1.807) is 0 Å². The second kappa shape index (κ2) is 5.33. The van der Waals surface area contributed by atoms with Gasteiger partial charge in [-0.15, -0.1) is 0 Å². The second-order valence-corrected chi connectivity index (χ2v) is 5.08. The number of nitrogens with zero attached hydrogens (tertiary/aromatic N) is 1. The molecule has 0 aliphatic carbocycles. The number of halogens is 2. The van der Waals surface area contributed by atoms with Crippen molar-refractivity contribution in [2.45, 2.75) is 24.1 Å². The average molecular weight is 310 g/mol. The van der Waals surface area contributed by atoms with Gasteiger partial charge in [0, 0.05) is 6.20 Å². The lowest BCUT2D eigenvalue weighted by atomic mass is 9.97. The molecule has 1 saturated heterocycles. The third kappa shape index (κ3) is 2.36. The van der Waals surface area contributed by atoms with E-state index in [4.69, 9.17) is 34.3 Å². The molecule has 1 fully saturated rings. The Kier molecular flexibility index (Phi) is 4.11. The first-order chi connectivity index (χ1) is 8.93. The fraction of sp³-hybridized carbons (Fsp3) is 0.600. The van der Waals surface area contributed by atoms with Gasteiger partial charge in [-0.1, -0.05) is 12.2 Å². The Bertz CT molecular complexity index is 578. The molecule has 9 heteroatoms. The zero-order valence-electron chi connectivity index (χ0n) is 9.62. The van der Waals surface area contributed by atoms with Crippen LogP contribution in [0, 0.1) is 9.41 Å². The van der Waals surface area contributed by atoms with E-state index in [2.05, 4.69) is 4.98 Å². The van der Waals surface area contributed by atoms with Crippen LogP contribution < -0.4 is 0 Å². The zero-order chi connectivity index (χ0) is 14.2. The van der Waals surface area contributed by atoms with Crippen molar-refractivity contribution in [1.82, 2.24) is 9.55 Å². The average Bonchev–Trinajstić information content (AvgIpc) is 2.63. The number of aliphatic hydroxyl groups excluding tert-OH is 1. The smallest absolute Gasteiger partial charge is 0.180 e. The van der Waals surface area contributed by atoms with Gasteiger partial charge < -0.3 is 19.9 Å². The normalized spacial score (nSPS) is 34.6. The molecule has 2 heterocycles. The number of aromatic amines is 1. The third-order valence-electron chi connectivity index (χ3n) is 3.03. The Morgan fingerprint density at radius 2 is 2.21 bits per heavy atom. The van der Waals surface area contributed by atoms with Gasteiger partial charge in [-0.2, -0.15) is 0 Å². The number of rotatable bonds is 3. The van der Waals surface area contributed by atoms with E-state index in [1.165, 1.54) is 16.8 Å². The Morgan fingerprint density at radius 3 is 2.74 bits per heavy atom. The molecular formula is C10H12F2N2O3S2. The highest BCUT2D eigenvalue weighted by atomic mass is 32.1. The van der Waals surface area contributed by atoms with Gasteiger partial charge in [-0.05, 0) is 18.3 Å². The molecule has 3 N–H and O–H groups in total. The van der Waals surface area contributed by atoms with Crippen molar-refractivity contribution < 1.29 is 23.7 Å². The molecule has 106 valence electrons. The Morgan fingerprint density at radius 1 is 1.53 bits per heavy atom. The summed E-state index contributed by atoms with van der Waals surface area (Å²) in [6, 6.07) is 1.45. The molecule has 2 rings (SSSR count). The van der Waals surface area contributed by atoms with Gasteiger partial charge in [0.25, 0.3) is 0 Å². The molecule has 0 aromatic carbocycles. The summed E-state index contributed by atoms with van der Waals surface area (Å²) in [7, 11) is 0. The monoisotopic (exact) mass is 310 g/mol. The van der Waals surface area contributed by atoms with Crippen molar-refractivity contribution >= 4 is 24.4 Å². The van der Waals surface area contributed by atoms with E-state index in [9.17, 15) is 13.9 Å². The molecule has 0 saturated carbocycles. The van der Waals surface area contributed by atoms with E-state index in [0.29, 0.717) is 4.64 Å². The van der Waals surface area contributed by atoms with Crippen LogP contribution >= 0.6 is 24.4 Å². The summed E-state index contributed by atoms with van der Waals surface area (Å²) in [5.41, 5.74) is -2.40. The maximum atomic E-state index is 13.9. The lowest BCUT2D eigenvalue weighted by Crippen LogP contribution is -2.46. The SMILES string of the molecule is OC[C@H]1O[C@@H](n2ccc(=S)[nH]c2=S)C(O)(CF)[C@H]1F. The van der Waals surface area contributed by atoms with Gasteiger partial charge >= 0.3 is 0 Å². The number of aromatic nitrogens is 2. The van der Waals surface area contributed by atoms with E-state index >= 15 is 0 Å². The summed E-state index contributed by atoms with van der Waals surface area (Å²) in [5.74, 6) is 0. The number of nitrogens with one attached hydrogen (secondary N) is 1. The van der Waals surface area contributed by atoms with E-state index in [1.807, 2.05) is 0 Å². The molecule has 1 aliphatic heterocycles. The van der Waals surface area contributed by atoms with Crippen LogP contribution in [-0.4, -0.2) is 50.9 Å². The highest BCUT2D eigenvalue weighted by Gasteiger charge is 2.57. The maximum absolute atomic E-state index is 13.9. The van der Waals surface area contributed by atoms with Crippen LogP contribution in [-0.2, 0) is 4.74 Å². The molecule has 0 bridgehead atoms. The van der Waals surface area contributed by atoms with Crippen molar-refractivity contribution in [2.24, 2.45) is 0 Å². The summed E-state index contributed by atoms with van der Waals surface area (Å²) in [5, 5.41) is 19.1. The topological polar surface area (TPSA) is 70.4 Å². The molecule has 5 nitrogen and oxygen atoms in total. The molecule has 0 spiro atoms. The molecule has 4 atom stereocenters. The fourth-order valence-corrected chi connectivity index (χ4v) is 2.49. The molecule has 0 amide bonds. The van der Waals surface area contributed by atoms with Crippen molar-refractivity contribution in [2.75, 3.05) is 13.3 Å². The number of hydrogen-bond donors (Lipinski definition) is 3. The minimum atomic E-state index is -2.40. The molecule has 0 radical (unpaired) electrons. The first kappa shape index (κ1) is 14.7. The van der Waals surface area contributed by atoms with Gasteiger partial charge in [0.15, 0.2) is 22.8 Å². The zero-order valence-corrected chi connectivity index (χ0v) is 11.3. The number of H-pyrrole nitrogens is 1. The summed E-state index contributed by atoms with van der Waals surface area (Å²) in [6.45, 7) is -2.04. The van der Waals surface area contributed by atoms with Crippen molar-refractivity contribution in [3.63, 3.8) is 0 Å². The lowest BCUT2D eigenvalue weighted by molar-refractivity contribution is -0.112. The first-order valence-corrected chi connectivity index (χ1v) is 6.26. The highest BCUT2D eigenvalue weighted by molar-refractivity contribution is 7.72. The fourth-order valence-electron chi connectivity index (χ4n) is 2.00. The van der Waals surface area contributed by atoms with Crippen LogP contribution in [0.1, 0.15) is 6.23 Å². The van der Waals surface area contributed by atoms with E-state index in [-0.39, 0.29) is 4.77 Å². The minimum absolute atomic E-state index is 0.0650. The van der Waals surface area contributed by atoms with Gasteiger partial charge in [-0.3, -0.25) is 4.57 Å². The predicted octanol–water partition coefficient (Wildman–Crippen LogP) is 1.20. The van der Waals surface area contributed by atoms with Crippen molar-refractivity contribution in [1.29, 1.82) is 0 Å². The molecule has 1 aliphatic rings. The standard InChI is InChI=1S/C10H12F2N2O3S2/c11-4-10(16)7(12)5(3-15)17-8(10)14-2-1-6(18)13-9(14)19/h1-2,5,7-8,15-16H,3-4H2,(H,13,18,19)/t5-,7+,8-,10?/m1/s1. The van der Waals surface area contributed by atoms with E-state index in [0.717, 1.165) is 0 Å². The van der Waals surface area contributed by atoms with Crippen LogP contribution in [0.4, 0.5) is 8.78 Å². The maximum Gasteiger partial charge on any atom is 0.180 e. The van der Waals surface area contributed by atoms with Gasteiger partial charge in [0.1, 0.15) is 17.4 Å². The van der Waals surface area contributed by atoms with Crippen LogP contribution in [0.5, 0.6) is 0 Å². The van der Waals surface area contributed by atoms with Gasteiger partial charge in [-0.25, -0.2) is 8.78 Å². The number of aliphatic hydroxyl groups is 2. The molecule has 1 unspecified atom stereocenters. The molecule has 1 aromatic heterocycles. The van der Waals surface area contributed by atoms with Crippen molar-refractivity contribution in [3.05, 3.63) is 21.7 Å². The van der Waals surface area contributed by atoms with Crippen LogP contribution in [0.2, 0.25) is 0 Å². The highest BCUT2D eigenvalue weighted by Crippen LogP contribution is 2.40. The molecule has 1 aromatic rings. The number of ether oxygens (including phenoxy) is 1. The number of alkyl halides is 2. The predicted molar refractivity (Wildman–Crippen MR) is 67.3 cm³/mol. The summed E-state index contributed by atoms with van der Waals surface area (Å²) < 4.78 is 33.7. The largest absolute Gasteiger partial charge is 0.394 e. The summed E-state index contributed by atoms with van der Waals surface area (Å²) in [4.78, 5) is 2.62. The first-order valence-electron chi connectivity index (χ1n) is 5.44. The molecular weight excluding hydrogens is 298 g/mol. The van der Waals surface area contributed by atoms with E-state index < -0.39 is 37.4 Å². The Labute approximate surface area is 117 Å². The lowest BCUT2D eigenvalue weighted by Gasteiger charge is -2.28. The Hall–Kier alpha value is -0.740. The van der Waals surface area contributed by atoms with Gasteiger partial charge in [0.05, 0.1) is 6.61 Å². The second-order valence-electron chi connectivity index (χ2n) is 4.25. The quantitative estimate of drug-likeness (QED) is 0.732. The Balaban J connectivity index is 2.48. The van der Waals surface area contributed by atoms with Gasteiger partial charge in [0.2, 0.25) is 0 Å². The summed E-state index contributed by atoms with van der Waals surface area (Å²) in [6.07, 6.45) is -3.36. The van der Waals surface area contributed by atoms with Crippen LogP contribution in [0.3, 0.4) is 0 Å². The van der Waals surface area contributed by atoms with Crippen LogP contribution in [0.25, 0.3) is 0 Å². The summed E-state index contributed by atoms with van der Waals surface area (Å²) >= 11 is 9.84. The van der Waals surface area contributed by atoms with Crippen molar-refractivity contribution in [3.8, 4) is 0 Å². The minimum Gasteiger partial charge on any atom is -0.394 e. The molecule has 19 heavy (non-hydrogen) atoms. The third-order valence-corrected chi connectivity index (χ3v) is 3.58. The number of hydrogen-bond acceptors (Lipinski definition) is 5.